The van der Waals surface area contributed by atoms with Crippen molar-refractivity contribution in [1.82, 2.24) is 15.3 Å². The normalized spacial score (nSPS) is 10.3. The first-order chi connectivity index (χ1) is 12.7. The Morgan fingerprint density at radius 2 is 1.73 bits per heavy atom. The van der Waals surface area contributed by atoms with Crippen LogP contribution in [-0.2, 0) is 13.0 Å². The van der Waals surface area contributed by atoms with Gasteiger partial charge in [-0.2, -0.15) is 0 Å². The summed E-state index contributed by atoms with van der Waals surface area (Å²) in [6, 6.07) is 19.1. The zero-order chi connectivity index (χ0) is 18.2. The van der Waals surface area contributed by atoms with Crippen LogP contribution >= 0.6 is 11.6 Å². The number of nitrogens with one attached hydrogen (secondary N) is 2. The highest BCUT2D eigenvalue weighted by molar-refractivity contribution is 6.30. The lowest BCUT2D eigenvalue weighted by atomic mass is 10.1. The minimum absolute atomic E-state index is 0.210. The van der Waals surface area contributed by atoms with Crippen LogP contribution in [0, 0.1) is 0 Å². The molecular formula is C20H19ClN4O. The average molecular weight is 367 g/mol. The molecule has 0 aliphatic heterocycles. The highest BCUT2D eigenvalue weighted by Crippen LogP contribution is 2.11. The van der Waals surface area contributed by atoms with Crippen LogP contribution in [0.3, 0.4) is 0 Å². The Morgan fingerprint density at radius 1 is 0.962 bits per heavy atom. The van der Waals surface area contributed by atoms with Gasteiger partial charge in [-0.3, -0.25) is 4.79 Å². The number of carbonyl (C=O) groups is 1. The molecule has 1 aromatic heterocycles. The molecule has 0 fully saturated rings. The summed E-state index contributed by atoms with van der Waals surface area (Å²) in [6.07, 6.45) is 2.35. The fourth-order valence-electron chi connectivity index (χ4n) is 2.41. The summed E-state index contributed by atoms with van der Waals surface area (Å²) in [4.78, 5) is 20.7. The number of anilines is 1. The Balaban J connectivity index is 1.52. The van der Waals surface area contributed by atoms with E-state index >= 15 is 0 Å². The zero-order valence-electron chi connectivity index (χ0n) is 14.2. The molecule has 0 saturated heterocycles. The summed E-state index contributed by atoms with van der Waals surface area (Å²) in [7, 11) is 0. The molecule has 0 atom stereocenters. The summed E-state index contributed by atoms with van der Waals surface area (Å²) >= 11 is 5.88. The standard InChI is InChI=1S/C20H19ClN4O/c21-17-8-6-16(7-9-17)14-24-20-23-13-11-18(25-20)19(26)22-12-10-15-4-2-1-3-5-15/h1-9,11,13H,10,12,14H2,(H,22,26)(H,23,24,25). The predicted molar refractivity (Wildman–Crippen MR) is 103 cm³/mol. The third-order valence-electron chi connectivity index (χ3n) is 3.79. The first-order valence-corrected chi connectivity index (χ1v) is 8.72. The van der Waals surface area contributed by atoms with E-state index in [4.69, 9.17) is 11.6 Å². The number of amides is 1. The molecule has 26 heavy (non-hydrogen) atoms. The topological polar surface area (TPSA) is 66.9 Å². The molecule has 132 valence electrons. The summed E-state index contributed by atoms with van der Waals surface area (Å²) in [5.74, 6) is 0.202. The molecule has 0 bridgehead atoms. The van der Waals surface area contributed by atoms with E-state index in [9.17, 15) is 4.79 Å². The lowest BCUT2D eigenvalue weighted by Gasteiger charge is -2.08. The van der Waals surface area contributed by atoms with Gasteiger partial charge >= 0.3 is 0 Å². The van der Waals surface area contributed by atoms with E-state index in [0.29, 0.717) is 29.8 Å². The second kappa shape index (κ2) is 8.97. The number of benzene rings is 2. The number of halogens is 1. The van der Waals surface area contributed by atoms with Gasteiger partial charge in [-0.15, -0.1) is 0 Å². The summed E-state index contributed by atoms with van der Waals surface area (Å²) in [5.41, 5.74) is 2.57. The summed E-state index contributed by atoms with van der Waals surface area (Å²) in [5, 5.41) is 6.69. The quantitative estimate of drug-likeness (QED) is 0.668. The maximum Gasteiger partial charge on any atom is 0.270 e. The predicted octanol–water partition coefficient (Wildman–Crippen LogP) is 3.71. The third-order valence-corrected chi connectivity index (χ3v) is 4.05. The van der Waals surface area contributed by atoms with Crippen molar-refractivity contribution < 1.29 is 4.79 Å². The fourth-order valence-corrected chi connectivity index (χ4v) is 2.54. The third kappa shape index (κ3) is 5.29. The Kier molecular flexibility index (Phi) is 6.17. The Hall–Kier alpha value is -2.92. The number of nitrogens with zero attached hydrogens (tertiary/aromatic N) is 2. The average Bonchev–Trinajstić information content (AvgIpc) is 2.68. The van der Waals surface area contributed by atoms with Crippen molar-refractivity contribution in [3.8, 4) is 0 Å². The molecule has 0 aliphatic rings. The van der Waals surface area contributed by atoms with Crippen LogP contribution in [0.5, 0.6) is 0 Å². The van der Waals surface area contributed by atoms with Crippen LogP contribution < -0.4 is 10.6 Å². The van der Waals surface area contributed by atoms with Gasteiger partial charge in [0.05, 0.1) is 0 Å². The highest BCUT2D eigenvalue weighted by Gasteiger charge is 2.08. The number of hydrogen-bond donors (Lipinski definition) is 2. The van der Waals surface area contributed by atoms with Crippen LogP contribution in [0.15, 0.2) is 66.9 Å². The van der Waals surface area contributed by atoms with Crippen molar-refractivity contribution in [2.45, 2.75) is 13.0 Å². The zero-order valence-corrected chi connectivity index (χ0v) is 14.9. The summed E-state index contributed by atoms with van der Waals surface area (Å²) < 4.78 is 0. The van der Waals surface area contributed by atoms with Gasteiger partial charge < -0.3 is 10.6 Å². The largest absolute Gasteiger partial charge is 0.350 e. The first-order valence-electron chi connectivity index (χ1n) is 8.34. The molecule has 1 amide bonds. The van der Waals surface area contributed by atoms with E-state index in [-0.39, 0.29) is 5.91 Å². The SMILES string of the molecule is O=C(NCCc1ccccc1)c1ccnc(NCc2ccc(Cl)cc2)n1. The molecule has 3 aromatic rings. The van der Waals surface area contributed by atoms with Crippen molar-refractivity contribution in [3.63, 3.8) is 0 Å². The van der Waals surface area contributed by atoms with E-state index in [2.05, 4.69) is 20.6 Å². The molecule has 0 radical (unpaired) electrons. The molecule has 0 unspecified atom stereocenters. The first kappa shape index (κ1) is 17.9. The Bertz CT molecular complexity index is 853. The van der Waals surface area contributed by atoms with Crippen LogP contribution in [0.4, 0.5) is 5.95 Å². The lowest BCUT2D eigenvalue weighted by molar-refractivity contribution is 0.0949. The van der Waals surface area contributed by atoms with Crippen LogP contribution in [0.1, 0.15) is 21.6 Å². The van der Waals surface area contributed by atoms with Crippen molar-refractivity contribution >= 4 is 23.5 Å². The number of rotatable bonds is 7. The summed E-state index contributed by atoms with van der Waals surface area (Å²) in [6.45, 7) is 1.11. The van der Waals surface area contributed by atoms with Gasteiger partial charge in [0.1, 0.15) is 5.69 Å². The van der Waals surface area contributed by atoms with E-state index in [1.807, 2.05) is 54.6 Å². The minimum Gasteiger partial charge on any atom is -0.350 e. The number of aromatic nitrogens is 2. The van der Waals surface area contributed by atoms with Gasteiger partial charge in [0.2, 0.25) is 5.95 Å². The molecule has 0 aliphatic carbocycles. The molecule has 5 nitrogen and oxygen atoms in total. The minimum atomic E-state index is -0.210. The van der Waals surface area contributed by atoms with Gasteiger partial charge in [-0.25, -0.2) is 9.97 Å². The smallest absolute Gasteiger partial charge is 0.270 e. The van der Waals surface area contributed by atoms with Crippen LogP contribution in [-0.4, -0.2) is 22.4 Å². The van der Waals surface area contributed by atoms with Crippen molar-refractivity contribution in [2.75, 3.05) is 11.9 Å². The monoisotopic (exact) mass is 366 g/mol. The number of hydrogen-bond acceptors (Lipinski definition) is 4. The molecule has 2 N–H and O–H groups in total. The van der Waals surface area contributed by atoms with E-state index in [1.165, 1.54) is 5.56 Å². The Morgan fingerprint density at radius 3 is 2.50 bits per heavy atom. The van der Waals surface area contributed by atoms with Gasteiger partial charge in [-0.1, -0.05) is 54.1 Å². The van der Waals surface area contributed by atoms with E-state index in [0.717, 1.165) is 12.0 Å². The highest BCUT2D eigenvalue weighted by atomic mass is 35.5. The second-order valence-corrected chi connectivity index (χ2v) is 6.17. The molecule has 0 saturated carbocycles. The number of carbonyl (C=O) groups excluding carboxylic acids is 1. The van der Waals surface area contributed by atoms with Gasteiger partial charge in [0, 0.05) is 24.3 Å². The molecule has 3 rings (SSSR count). The van der Waals surface area contributed by atoms with E-state index in [1.54, 1.807) is 12.3 Å². The van der Waals surface area contributed by atoms with Gasteiger partial charge in [0.15, 0.2) is 0 Å². The second-order valence-electron chi connectivity index (χ2n) is 5.74. The molecular weight excluding hydrogens is 348 g/mol. The molecule has 1 heterocycles. The van der Waals surface area contributed by atoms with Crippen molar-refractivity contribution in [3.05, 3.63) is 88.7 Å². The molecule has 0 spiro atoms. The van der Waals surface area contributed by atoms with Gasteiger partial charge in [-0.05, 0) is 35.7 Å². The van der Waals surface area contributed by atoms with Crippen LogP contribution in [0.25, 0.3) is 0 Å². The van der Waals surface area contributed by atoms with E-state index < -0.39 is 0 Å². The van der Waals surface area contributed by atoms with Crippen molar-refractivity contribution in [1.29, 1.82) is 0 Å². The van der Waals surface area contributed by atoms with Crippen molar-refractivity contribution in [2.24, 2.45) is 0 Å². The fraction of sp³-hybridized carbons (Fsp3) is 0.150. The molecule has 2 aromatic carbocycles. The molecule has 6 heteroatoms. The van der Waals surface area contributed by atoms with Gasteiger partial charge in [0.25, 0.3) is 5.91 Å². The maximum atomic E-state index is 12.3. The van der Waals surface area contributed by atoms with Crippen LogP contribution in [0.2, 0.25) is 5.02 Å². The maximum absolute atomic E-state index is 12.3. The lowest BCUT2D eigenvalue weighted by Crippen LogP contribution is -2.26. The Labute approximate surface area is 157 Å².